The molecule has 0 spiro atoms. The number of ether oxygens (including phenoxy) is 2. The van der Waals surface area contributed by atoms with Gasteiger partial charge in [-0.1, -0.05) is 30.3 Å². The average molecular weight is 391 g/mol. The number of amides is 1. The molecular weight excluding hydrogens is 370 g/mol. The van der Waals surface area contributed by atoms with Gasteiger partial charge in [0.15, 0.2) is 5.78 Å². The van der Waals surface area contributed by atoms with Crippen LogP contribution in [-0.2, 0) is 16.1 Å². The van der Waals surface area contributed by atoms with Crippen LogP contribution >= 0.6 is 0 Å². The summed E-state index contributed by atoms with van der Waals surface area (Å²) in [7, 11) is 0. The smallest absolute Gasteiger partial charge is 0.410 e. The molecule has 2 aliphatic rings. The quantitative estimate of drug-likeness (QED) is 0.744. The number of carbonyl (C=O) groups excluding carboxylic acids is 2. The Kier molecular flexibility index (Phi) is 5.54. The highest BCUT2D eigenvalue weighted by atomic mass is 16.6. The molecule has 0 radical (unpaired) electrons. The predicted octanol–water partition coefficient (Wildman–Crippen LogP) is 2.95. The Balaban J connectivity index is 1.42. The number of benzene rings is 1. The number of carbonyl (C=O) groups is 2. The van der Waals surface area contributed by atoms with Crippen LogP contribution in [0.1, 0.15) is 34.5 Å². The Morgan fingerprint density at radius 1 is 1.14 bits per heavy atom. The molecule has 7 heteroatoms. The van der Waals surface area contributed by atoms with Crippen LogP contribution in [0.5, 0.6) is 0 Å². The van der Waals surface area contributed by atoms with Crippen LogP contribution < -0.4 is 0 Å². The van der Waals surface area contributed by atoms with Crippen LogP contribution in [0.3, 0.4) is 0 Å². The molecule has 1 aromatic carbocycles. The lowest BCUT2D eigenvalue weighted by Gasteiger charge is -2.47. The summed E-state index contributed by atoms with van der Waals surface area (Å²) in [5.74, 6) is -0.281. The lowest BCUT2D eigenvalue weighted by atomic mass is 9.81. The first-order chi connectivity index (χ1) is 14.2. The minimum atomic E-state index is -0.366. The molecule has 2 atom stereocenters. The fourth-order valence-corrected chi connectivity index (χ4v) is 4.04. The lowest BCUT2D eigenvalue weighted by molar-refractivity contribution is -0.0755. The van der Waals surface area contributed by atoms with Crippen LogP contribution in [0.15, 0.2) is 48.7 Å². The molecule has 0 saturated carbocycles. The minimum Gasteiger partial charge on any atom is -0.445 e. The average Bonchev–Trinajstić information content (AvgIpc) is 2.77. The van der Waals surface area contributed by atoms with E-state index in [1.807, 2.05) is 36.4 Å². The number of Topliss-reactive ketones (excluding diaryl/α,β-unsaturated/α-hetero) is 1. The first kappa shape index (κ1) is 19.1. The van der Waals surface area contributed by atoms with Crippen molar-refractivity contribution >= 4 is 11.9 Å². The molecule has 29 heavy (non-hydrogen) atoms. The zero-order valence-electron chi connectivity index (χ0n) is 15.9. The highest BCUT2D eigenvalue weighted by molar-refractivity contribution is 5.96. The maximum Gasteiger partial charge on any atom is 0.410 e. The van der Waals surface area contributed by atoms with E-state index in [9.17, 15) is 9.59 Å². The zero-order valence-corrected chi connectivity index (χ0v) is 15.9. The Bertz CT molecular complexity index is 909. The maximum atomic E-state index is 12.9. The summed E-state index contributed by atoms with van der Waals surface area (Å²) in [6.07, 6.45) is 2.07. The Hall–Kier alpha value is -3.24. The standard InChI is InChI=1S/C22H21N3O4/c23-10-16-6-7-20(24-11-16)21(26)17-8-18-13-28-14-19(9-17)25(18)22(27)29-12-15-4-2-1-3-5-15/h1-7,11,17-19H,8-9,12-14H2. The van der Waals surface area contributed by atoms with Crippen molar-refractivity contribution in [3.63, 3.8) is 0 Å². The number of hydrogen-bond donors (Lipinski definition) is 0. The van der Waals surface area contributed by atoms with Gasteiger partial charge in [0, 0.05) is 12.1 Å². The summed E-state index contributed by atoms with van der Waals surface area (Å²) < 4.78 is 11.1. The first-order valence-corrected chi connectivity index (χ1v) is 9.63. The molecule has 2 aliphatic heterocycles. The third-order valence-corrected chi connectivity index (χ3v) is 5.45. The van der Waals surface area contributed by atoms with E-state index in [1.54, 1.807) is 17.0 Å². The summed E-state index contributed by atoms with van der Waals surface area (Å²) in [4.78, 5) is 31.5. The largest absolute Gasteiger partial charge is 0.445 e. The second-order valence-electron chi connectivity index (χ2n) is 7.37. The molecule has 1 aromatic heterocycles. The first-order valence-electron chi connectivity index (χ1n) is 9.63. The molecule has 1 amide bonds. The van der Waals surface area contributed by atoms with E-state index >= 15 is 0 Å². The number of nitrogens with zero attached hydrogens (tertiary/aromatic N) is 3. The minimum absolute atomic E-state index is 0.0521. The second kappa shape index (κ2) is 8.41. The van der Waals surface area contributed by atoms with Crippen molar-refractivity contribution in [3.05, 3.63) is 65.5 Å². The molecule has 2 fully saturated rings. The van der Waals surface area contributed by atoms with Crippen LogP contribution in [0.25, 0.3) is 0 Å². The van der Waals surface area contributed by atoms with Gasteiger partial charge in [-0.3, -0.25) is 14.7 Å². The van der Waals surface area contributed by atoms with Crippen molar-refractivity contribution in [3.8, 4) is 6.07 Å². The van der Waals surface area contributed by atoms with Gasteiger partial charge in [-0.15, -0.1) is 0 Å². The molecule has 0 N–H and O–H groups in total. The highest BCUT2D eigenvalue weighted by Gasteiger charge is 2.44. The summed E-state index contributed by atoms with van der Waals surface area (Å²) >= 11 is 0. The van der Waals surface area contributed by atoms with Crippen molar-refractivity contribution in [1.82, 2.24) is 9.88 Å². The topological polar surface area (TPSA) is 92.5 Å². The molecule has 2 unspecified atom stereocenters. The van der Waals surface area contributed by atoms with Crippen molar-refractivity contribution in [2.45, 2.75) is 31.5 Å². The van der Waals surface area contributed by atoms with Gasteiger partial charge >= 0.3 is 6.09 Å². The number of hydrogen-bond acceptors (Lipinski definition) is 6. The van der Waals surface area contributed by atoms with E-state index < -0.39 is 0 Å². The van der Waals surface area contributed by atoms with E-state index in [2.05, 4.69) is 4.98 Å². The summed E-state index contributed by atoms with van der Waals surface area (Å²) in [5, 5.41) is 8.88. The van der Waals surface area contributed by atoms with Gasteiger partial charge in [0.25, 0.3) is 0 Å². The molecule has 2 bridgehead atoms. The van der Waals surface area contributed by atoms with Crippen LogP contribution in [-0.4, -0.2) is 47.1 Å². The van der Waals surface area contributed by atoms with Crippen molar-refractivity contribution < 1.29 is 19.1 Å². The van der Waals surface area contributed by atoms with E-state index in [-0.39, 0.29) is 36.5 Å². The lowest BCUT2D eigenvalue weighted by Crippen LogP contribution is -2.60. The second-order valence-corrected chi connectivity index (χ2v) is 7.37. The number of aromatic nitrogens is 1. The number of ketones is 1. The summed E-state index contributed by atoms with van der Waals surface area (Å²) in [6, 6.07) is 14.3. The van der Waals surface area contributed by atoms with Crippen LogP contribution in [0, 0.1) is 17.2 Å². The third kappa shape index (κ3) is 4.13. The molecule has 2 saturated heterocycles. The predicted molar refractivity (Wildman–Crippen MR) is 103 cm³/mol. The van der Waals surface area contributed by atoms with Gasteiger partial charge in [-0.05, 0) is 30.5 Å². The van der Waals surface area contributed by atoms with Gasteiger partial charge in [0.2, 0.25) is 0 Å². The molecule has 2 aromatic rings. The molecule has 7 nitrogen and oxygen atoms in total. The molecule has 3 heterocycles. The van der Waals surface area contributed by atoms with Crippen LogP contribution in [0.4, 0.5) is 4.79 Å². The zero-order chi connectivity index (χ0) is 20.2. The van der Waals surface area contributed by atoms with Gasteiger partial charge in [0.1, 0.15) is 18.4 Å². The number of pyridine rings is 1. The van der Waals surface area contributed by atoms with E-state index in [0.717, 1.165) is 5.56 Å². The number of piperidine rings is 1. The number of fused-ring (bicyclic) bond motifs is 2. The fourth-order valence-electron chi connectivity index (χ4n) is 4.04. The SMILES string of the molecule is N#Cc1ccc(C(=O)C2CC3COCC(C2)N3C(=O)OCc2ccccc2)nc1. The third-order valence-electron chi connectivity index (χ3n) is 5.45. The van der Waals surface area contributed by atoms with Crippen molar-refractivity contribution in [1.29, 1.82) is 5.26 Å². The molecule has 148 valence electrons. The van der Waals surface area contributed by atoms with E-state index in [0.29, 0.717) is 37.3 Å². The van der Waals surface area contributed by atoms with Crippen molar-refractivity contribution in [2.75, 3.05) is 13.2 Å². The maximum absolute atomic E-state index is 12.9. The van der Waals surface area contributed by atoms with Gasteiger partial charge in [-0.25, -0.2) is 4.79 Å². The summed E-state index contributed by atoms with van der Waals surface area (Å²) in [5.41, 5.74) is 1.70. The summed E-state index contributed by atoms with van der Waals surface area (Å²) in [6.45, 7) is 0.997. The molecule has 4 rings (SSSR count). The van der Waals surface area contributed by atoms with Crippen LogP contribution in [0.2, 0.25) is 0 Å². The Labute approximate surface area is 168 Å². The molecular formula is C22H21N3O4. The highest BCUT2D eigenvalue weighted by Crippen LogP contribution is 2.34. The normalized spacial score (nSPS) is 23.1. The fraction of sp³-hybridized carbons (Fsp3) is 0.364. The number of rotatable bonds is 4. The monoisotopic (exact) mass is 391 g/mol. The van der Waals surface area contributed by atoms with Gasteiger partial charge in [0.05, 0.1) is 30.9 Å². The molecule has 0 aliphatic carbocycles. The van der Waals surface area contributed by atoms with E-state index in [1.165, 1.54) is 6.20 Å². The van der Waals surface area contributed by atoms with Crippen molar-refractivity contribution in [2.24, 2.45) is 5.92 Å². The van der Waals surface area contributed by atoms with Gasteiger partial charge < -0.3 is 9.47 Å². The van der Waals surface area contributed by atoms with Gasteiger partial charge in [-0.2, -0.15) is 5.26 Å². The number of morpholine rings is 1. The Morgan fingerprint density at radius 2 is 1.86 bits per heavy atom. The number of nitriles is 1. The van der Waals surface area contributed by atoms with E-state index in [4.69, 9.17) is 14.7 Å². The Morgan fingerprint density at radius 3 is 2.48 bits per heavy atom.